The zero-order chi connectivity index (χ0) is 15.0. The normalized spacial score (nSPS) is 10.7. The first-order valence-corrected chi connectivity index (χ1v) is 6.45. The SMILES string of the molecule is O=C(O)COCCNC(=O)C=Cc1ccc(Cl)cc1Cl. The highest BCUT2D eigenvalue weighted by Crippen LogP contribution is 2.21. The molecule has 0 heterocycles. The van der Waals surface area contributed by atoms with Crippen molar-refractivity contribution in [1.29, 1.82) is 0 Å². The average Bonchev–Trinajstić information content (AvgIpc) is 2.37. The minimum Gasteiger partial charge on any atom is -0.480 e. The first kappa shape index (κ1) is 16.5. The Labute approximate surface area is 126 Å². The van der Waals surface area contributed by atoms with Gasteiger partial charge >= 0.3 is 5.97 Å². The maximum Gasteiger partial charge on any atom is 0.329 e. The Kier molecular flexibility index (Phi) is 7.08. The highest BCUT2D eigenvalue weighted by molar-refractivity contribution is 6.35. The van der Waals surface area contributed by atoms with Crippen LogP contribution in [0.5, 0.6) is 0 Å². The van der Waals surface area contributed by atoms with E-state index in [1.165, 1.54) is 6.08 Å². The van der Waals surface area contributed by atoms with E-state index in [2.05, 4.69) is 5.32 Å². The smallest absolute Gasteiger partial charge is 0.329 e. The number of halogens is 2. The van der Waals surface area contributed by atoms with Gasteiger partial charge in [0.25, 0.3) is 0 Å². The van der Waals surface area contributed by atoms with E-state index < -0.39 is 5.97 Å². The van der Waals surface area contributed by atoms with Gasteiger partial charge in [-0.1, -0.05) is 29.3 Å². The number of benzene rings is 1. The molecule has 0 atom stereocenters. The lowest BCUT2D eigenvalue weighted by Crippen LogP contribution is -2.26. The number of hydrogen-bond donors (Lipinski definition) is 2. The van der Waals surface area contributed by atoms with E-state index in [4.69, 9.17) is 33.0 Å². The number of amides is 1. The summed E-state index contributed by atoms with van der Waals surface area (Å²) in [6.07, 6.45) is 2.89. The monoisotopic (exact) mass is 317 g/mol. The maximum atomic E-state index is 11.5. The first-order chi connectivity index (χ1) is 9.49. The number of ether oxygens (including phenoxy) is 1. The molecule has 0 unspecified atom stereocenters. The third-order valence-electron chi connectivity index (χ3n) is 2.15. The van der Waals surface area contributed by atoms with Crippen molar-refractivity contribution < 1.29 is 19.4 Å². The molecule has 0 aliphatic carbocycles. The first-order valence-electron chi connectivity index (χ1n) is 5.69. The number of carbonyl (C=O) groups excluding carboxylic acids is 1. The zero-order valence-electron chi connectivity index (χ0n) is 10.4. The number of aliphatic carboxylic acids is 1. The number of carboxylic acids is 1. The summed E-state index contributed by atoms with van der Waals surface area (Å²) in [7, 11) is 0. The summed E-state index contributed by atoms with van der Waals surface area (Å²) >= 11 is 11.7. The third kappa shape index (κ3) is 6.56. The summed E-state index contributed by atoms with van der Waals surface area (Å²) in [4.78, 5) is 21.6. The average molecular weight is 318 g/mol. The van der Waals surface area contributed by atoms with Gasteiger partial charge in [0, 0.05) is 22.7 Å². The molecule has 1 amide bonds. The molecule has 2 N–H and O–H groups in total. The van der Waals surface area contributed by atoms with Gasteiger partial charge in [0.2, 0.25) is 5.91 Å². The van der Waals surface area contributed by atoms with Gasteiger partial charge in [-0.3, -0.25) is 4.79 Å². The van der Waals surface area contributed by atoms with Gasteiger partial charge in [-0.15, -0.1) is 0 Å². The number of hydrogen-bond acceptors (Lipinski definition) is 3. The van der Waals surface area contributed by atoms with E-state index >= 15 is 0 Å². The van der Waals surface area contributed by atoms with Gasteiger partial charge in [-0.25, -0.2) is 4.79 Å². The molecule has 0 saturated carbocycles. The van der Waals surface area contributed by atoms with Crippen LogP contribution in [0.3, 0.4) is 0 Å². The minimum atomic E-state index is -1.05. The van der Waals surface area contributed by atoms with Gasteiger partial charge in [0.05, 0.1) is 6.61 Å². The second-order valence-corrected chi connectivity index (χ2v) is 4.58. The van der Waals surface area contributed by atoms with Crippen molar-refractivity contribution in [1.82, 2.24) is 5.32 Å². The molecular weight excluding hydrogens is 305 g/mol. The summed E-state index contributed by atoms with van der Waals surface area (Å²) in [5.41, 5.74) is 0.674. The molecular formula is C13H13Cl2NO4. The van der Waals surface area contributed by atoms with Crippen molar-refractivity contribution in [2.75, 3.05) is 19.8 Å². The molecule has 20 heavy (non-hydrogen) atoms. The van der Waals surface area contributed by atoms with Crippen LogP contribution in [0.2, 0.25) is 10.0 Å². The van der Waals surface area contributed by atoms with E-state index in [-0.39, 0.29) is 25.7 Å². The summed E-state index contributed by atoms with van der Waals surface area (Å²) in [5.74, 6) is -1.37. The van der Waals surface area contributed by atoms with Gasteiger partial charge in [0.15, 0.2) is 0 Å². The predicted octanol–water partition coefficient (Wildman–Crippen LogP) is 2.22. The predicted molar refractivity (Wildman–Crippen MR) is 77.0 cm³/mol. The number of nitrogens with one attached hydrogen (secondary N) is 1. The Bertz CT molecular complexity index is 517. The molecule has 0 spiro atoms. The largest absolute Gasteiger partial charge is 0.480 e. The highest BCUT2D eigenvalue weighted by atomic mass is 35.5. The van der Waals surface area contributed by atoms with Crippen molar-refractivity contribution in [2.24, 2.45) is 0 Å². The Hall–Kier alpha value is -1.56. The van der Waals surface area contributed by atoms with Crippen LogP contribution < -0.4 is 5.32 Å². The third-order valence-corrected chi connectivity index (χ3v) is 2.71. The fraction of sp³-hybridized carbons (Fsp3) is 0.231. The molecule has 108 valence electrons. The summed E-state index contributed by atoms with van der Waals surface area (Å²) in [6, 6.07) is 4.95. The van der Waals surface area contributed by atoms with Crippen LogP contribution in [-0.2, 0) is 14.3 Å². The molecule has 0 aliphatic rings. The topological polar surface area (TPSA) is 75.6 Å². The molecule has 0 aliphatic heterocycles. The standard InChI is InChI=1S/C13H13Cl2NO4/c14-10-3-1-9(11(15)7-10)2-4-12(17)16-5-6-20-8-13(18)19/h1-4,7H,5-6,8H2,(H,16,17)(H,18,19). The molecule has 1 aromatic rings. The molecule has 7 heteroatoms. The van der Waals surface area contributed by atoms with Crippen LogP contribution in [0.15, 0.2) is 24.3 Å². The van der Waals surface area contributed by atoms with Crippen LogP contribution in [0.25, 0.3) is 6.08 Å². The fourth-order valence-electron chi connectivity index (χ4n) is 1.27. The Morgan fingerprint density at radius 1 is 1.35 bits per heavy atom. The number of carbonyl (C=O) groups is 2. The summed E-state index contributed by atoms with van der Waals surface area (Å²) in [5, 5.41) is 11.8. The number of rotatable bonds is 7. The van der Waals surface area contributed by atoms with Crippen molar-refractivity contribution in [3.63, 3.8) is 0 Å². The van der Waals surface area contributed by atoms with Gasteiger partial charge in [-0.05, 0) is 23.8 Å². The van der Waals surface area contributed by atoms with Crippen LogP contribution in [0, 0.1) is 0 Å². The molecule has 0 radical (unpaired) electrons. The fourth-order valence-corrected chi connectivity index (χ4v) is 1.74. The van der Waals surface area contributed by atoms with Crippen LogP contribution >= 0.6 is 23.2 Å². The highest BCUT2D eigenvalue weighted by Gasteiger charge is 2.00. The van der Waals surface area contributed by atoms with E-state index in [9.17, 15) is 9.59 Å². The van der Waals surface area contributed by atoms with Crippen LogP contribution in [0.1, 0.15) is 5.56 Å². The molecule has 1 rings (SSSR count). The molecule has 0 bridgehead atoms. The van der Waals surface area contributed by atoms with E-state index in [1.807, 2.05) is 0 Å². The van der Waals surface area contributed by atoms with E-state index in [0.717, 1.165) is 0 Å². The van der Waals surface area contributed by atoms with Crippen LogP contribution in [-0.4, -0.2) is 36.7 Å². The zero-order valence-corrected chi connectivity index (χ0v) is 11.9. The molecule has 1 aromatic carbocycles. The van der Waals surface area contributed by atoms with Crippen LogP contribution in [0.4, 0.5) is 0 Å². The second-order valence-electron chi connectivity index (χ2n) is 3.74. The Morgan fingerprint density at radius 2 is 2.10 bits per heavy atom. The maximum absolute atomic E-state index is 11.5. The van der Waals surface area contributed by atoms with Crippen molar-refractivity contribution in [2.45, 2.75) is 0 Å². The molecule has 0 fully saturated rings. The van der Waals surface area contributed by atoms with Crippen molar-refractivity contribution >= 4 is 41.2 Å². The molecule has 0 saturated heterocycles. The molecule has 5 nitrogen and oxygen atoms in total. The second kappa shape index (κ2) is 8.58. The van der Waals surface area contributed by atoms with Gasteiger partial charge in [-0.2, -0.15) is 0 Å². The lowest BCUT2D eigenvalue weighted by molar-refractivity contribution is -0.142. The number of carboxylic acid groups (broad SMARTS) is 1. The molecule has 0 aromatic heterocycles. The minimum absolute atomic E-state index is 0.133. The van der Waals surface area contributed by atoms with Crippen molar-refractivity contribution in [3.8, 4) is 0 Å². The Morgan fingerprint density at radius 3 is 2.75 bits per heavy atom. The quantitative estimate of drug-likeness (QED) is 0.597. The van der Waals surface area contributed by atoms with E-state index in [1.54, 1.807) is 24.3 Å². The summed E-state index contributed by atoms with van der Waals surface area (Å²) < 4.78 is 4.77. The van der Waals surface area contributed by atoms with Gasteiger partial charge in [0.1, 0.15) is 6.61 Å². The Balaban J connectivity index is 2.34. The van der Waals surface area contributed by atoms with Gasteiger partial charge < -0.3 is 15.2 Å². The lowest BCUT2D eigenvalue weighted by atomic mass is 10.2. The van der Waals surface area contributed by atoms with Crippen molar-refractivity contribution in [3.05, 3.63) is 39.9 Å². The van der Waals surface area contributed by atoms with E-state index in [0.29, 0.717) is 15.6 Å². The lowest BCUT2D eigenvalue weighted by Gasteiger charge is -2.02. The summed E-state index contributed by atoms with van der Waals surface area (Å²) in [6.45, 7) is -0.0233.